The van der Waals surface area contributed by atoms with E-state index in [2.05, 4.69) is 40.4 Å². The molecule has 0 amide bonds. The highest BCUT2D eigenvalue weighted by Gasteiger charge is 2.17. The number of nitrogens with zero attached hydrogens (tertiary/aromatic N) is 3. The van der Waals surface area contributed by atoms with Crippen LogP contribution in [-0.2, 0) is 13.1 Å². The molecule has 166 valence electrons. The molecule has 0 atom stereocenters. The third-order valence-electron chi connectivity index (χ3n) is 5.65. The first kappa shape index (κ1) is 24.2. The highest BCUT2D eigenvalue weighted by atomic mass is 16.3. The van der Waals surface area contributed by atoms with Crippen molar-refractivity contribution in [3.05, 3.63) is 48.5 Å². The first-order valence-electron chi connectivity index (χ1n) is 12.2. The van der Waals surface area contributed by atoms with E-state index in [1.807, 2.05) is 30.3 Å². The highest BCUT2D eigenvalue weighted by Crippen LogP contribution is 2.12. The molecule has 1 aromatic heterocycles. The standard InChI is InChI=1S/C26H41N3O/c1-3-5-7-9-11-16-20-28-22-23-29(21-17-12-10-8-6-4-2)26(28)25(30)27-24-18-14-13-15-19-24/h13-15,18-19,22-23H,3-12,16-17,20-21H2,1-2H3. The lowest BCUT2D eigenvalue weighted by molar-refractivity contribution is -0.700. The van der Waals surface area contributed by atoms with Crippen LogP contribution < -0.4 is 9.67 Å². The maximum atomic E-state index is 13.1. The number of aromatic nitrogens is 2. The lowest BCUT2D eigenvalue weighted by Crippen LogP contribution is -2.43. The van der Waals surface area contributed by atoms with E-state index in [0.717, 1.165) is 37.4 Å². The molecule has 0 aliphatic carbocycles. The Kier molecular flexibility index (Phi) is 11.9. The molecule has 0 saturated heterocycles. The maximum Gasteiger partial charge on any atom is 0.292 e. The van der Waals surface area contributed by atoms with Crippen LogP contribution in [0.2, 0.25) is 0 Å². The van der Waals surface area contributed by atoms with Crippen LogP contribution in [0, 0.1) is 0 Å². The number of rotatable bonds is 16. The lowest BCUT2D eigenvalue weighted by Gasteiger charge is -2.11. The molecule has 0 aliphatic heterocycles. The quantitative estimate of drug-likeness (QED) is 0.146. The number of aryl methyl sites for hydroxylation is 2. The number of aliphatic imine (C=N–C) groups is 1. The molecule has 0 aliphatic rings. The van der Waals surface area contributed by atoms with E-state index >= 15 is 0 Å². The summed E-state index contributed by atoms with van der Waals surface area (Å²) in [6, 6.07) is 9.56. The zero-order chi connectivity index (χ0) is 21.4. The van der Waals surface area contributed by atoms with Crippen LogP contribution in [0.15, 0.2) is 47.7 Å². The molecule has 0 bridgehead atoms. The van der Waals surface area contributed by atoms with Gasteiger partial charge in [0.1, 0.15) is 12.4 Å². The van der Waals surface area contributed by atoms with E-state index in [1.54, 1.807) is 0 Å². The third kappa shape index (κ3) is 8.73. The van der Waals surface area contributed by atoms with Crippen LogP contribution in [0.5, 0.6) is 0 Å². The van der Waals surface area contributed by atoms with Crippen LogP contribution in [-0.4, -0.2) is 10.5 Å². The molecule has 0 fully saturated rings. The molecule has 0 N–H and O–H groups in total. The van der Waals surface area contributed by atoms with Crippen LogP contribution in [0.25, 0.3) is 0 Å². The Morgan fingerprint density at radius 2 is 1.43 bits per heavy atom. The molecule has 4 nitrogen and oxygen atoms in total. The van der Waals surface area contributed by atoms with Gasteiger partial charge in [0.25, 0.3) is 5.82 Å². The number of hydrogen-bond acceptors (Lipinski definition) is 2. The van der Waals surface area contributed by atoms with Gasteiger partial charge in [-0.2, -0.15) is 0 Å². The van der Waals surface area contributed by atoms with Gasteiger partial charge in [0.15, 0.2) is 0 Å². The smallest absolute Gasteiger partial charge is 0.292 e. The third-order valence-corrected chi connectivity index (χ3v) is 5.65. The fourth-order valence-corrected chi connectivity index (χ4v) is 3.87. The van der Waals surface area contributed by atoms with E-state index in [-0.39, 0.29) is 5.90 Å². The van der Waals surface area contributed by atoms with Gasteiger partial charge in [0.05, 0.1) is 24.7 Å². The summed E-state index contributed by atoms with van der Waals surface area (Å²) < 4.78 is 4.23. The molecule has 0 unspecified atom stereocenters. The second-order valence-electron chi connectivity index (χ2n) is 8.30. The first-order valence-corrected chi connectivity index (χ1v) is 12.2. The topological polar surface area (TPSA) is 44.2 Å². The average Bonchev–Trinajstić information content (AvgIpc) is 3.16. The van der Waals surface area contributed by atoms with Gasteiger partial charge in [0.2, 0.25) is 0 Å². The fourth-order valence-electron chi connectivity index (χ4n) is 3.87. The Morgan fingerprint density at radius 1 is 0.833 bits per heavy atom. The number of hydrogen-bond donors (Lipinski definition) is 0. The molecule has 0 spiro atoms. The van der Waals surface area contributed by atoms with E-state index in [4.69, 9.17) is 0 Å². The Labute approximate surface area is 183 Å². The average molecular weight is 412 g/mol. The second-order valence-corrected chi connectivity index (χ2v) is 8.30. The predicted octanol–water partition coefficient (Wildman–Crippen LogP) is 5.94. The summed E-state index contributed by atoms with van der Waals surface area (Å²) >= 11 is 0. The molecular weight excluding hydrogens is 370 g/mol. The Bertz CT molecular complexity index is 688. The zero-order valence-electron chi connectivity index (χ0n) is 19.2. The van der Waals surface area contributed by atoms with Crippen molar-refractivity contribution in [3.8, 4) is 0 Å². The minimum absolute atomic E-state index is 0.136. The summed E-state index contributed by atoms with van der Waals surface area (Å²) in [7, 11) is 0. The van der Waals surface area contributed by atoms with Crippen molar-refractivity contribution in [2.75, 3.05) is 0 Å². The molecule has 30 heavy (non-hydrogen) atoms. The predicted molar refractivity (Wildman–Crippen MR) is 124 cm³/mol. The van der Waals surface area contributed by atoms with Gasteiger partial charge in [-0.25, -0.2) is 9.13 Å². The lowest BCUT2D eigenvalue weighted by atomic mass is 10.1. The summed E-state index contributed by atoms with van der Waals surface area (Å²) in [6.45, 7) is 6.27. The minimum atomic E-state index is -0.136. The van der Waals surface area contributed by atoms with Gasteiger partial charge < -0.3 is 5.11 Å². The van der Waals surface area contributed by atoms with E-state index in [9.17, 15) is 5.11 Å². The van der Waals surface area contributed by atoms with Gasteiger partial charge in [-0.3, -0.25) is 4.99 Å². The van der Waals surface area contributed by atoms with Crippen molar-refractivity contribution >= 4 is 11.6 Å². The van der Waals surface area contributed by atoms with Gasteiger partial charge in [-0.1, -0.05) is 83.4 Å². The first-order chi connectivity index (χ1) is 14.8. The van der Waals surface area contributed by atoms with Crippen molar-refractivity contribution in [2.45, 2.75) is 104 Å². The fraction of sp³-hybridized carbons (Fsp3) is 0.615. The van der Waals surface area contributed by atoms with Crippen LogP contribution >= 0.6 is 0 Å². The SMILES string of the molecule is CCCCCCCCn1cc[n+](CCCCCCCC)c1C([O-])=Nc1ccccc1. The molecule has 1 aromatic carbocycles. The van der Waals surface area contributed by atoms with Crippen LogP contribution in [0.4, 0.5) is 5.69 Å². The van der Waals surface area contributed by atoms with Gasteiger partial charge in [-0.05, 0) is 37.8 Å². The van der Waals surface area contributed by atoms with Crippen molar-refractivity contribution in [1.82, 2.24) is 4.57 Å². The monoisotopic (exact) mass is 411 g/mol. The summed E-state index contributed by atoms with van der Waals surface area (Å²) in [5.74, 6) is 0.587. The number of imidazole rings is 1. The zero-order valence-corrected chi connectivity index (χ0v) is 19.2. The maximum absolute atomic E-state index is 13.1. The van der Waals surface area contributed by atoms with Gasteiger partial charge in [-0.15, -0.1) is 0 Å². The summed E-state index contributed by atoms with van der Waals surface area (Å²) in [5, 5.41) is 13.1. The van der Waals surface area contributed by atoms with Gasteiger partial charge >= 0.3 is 0 Å². The largest absolute Gasteiger partial charge is 0.853 e. The molecule has 0 radical (unpaired) electrons. The Balaban J connectivity index is 2.02. The van der Waals surface area contributed by atoms with Gasteiger partial charge in [0, 0.05) is 0 Å². The minimum Gasteiger partial charge on any atom is -0.853 e. The van der Waals surface area contributed by atoms with E-state index < -0.39 is 0 Å². The molecule has 2 aromatic rings. The van der Waals surface area contributed by atoms with Crippen LogP contribution in [0.1, 0.15) is 96.7 Å². The molecular formula is C26H41N3O. The molecule has 2 rings (SSSR count). The Morgan fingerprint density at radius 3 is 2.10 bits per heavy atom. The normalized spacial score (nSPS) is 11.9. The van der Waals surface area contributed by atoms with Crippen molar-refractivity contribution in [3.63, 3.8) is 0 Å². The molecule has 1 heterocycles. The number of unbranched alkanes of at least 4 members (excludes halogenated alkanes) is 10. The number of para-hydroxylation sites is 1. The number of benzene rings is 1. The summed E-state index contributed by atoms with van der Waals surface area (Å²) in [6.07, 6.45) is 19.2. The second kappa shape index (κ2) is 14.8. The summed E-state index contributed by atoms with van der Waals surface area (Å²) in [4.78, 5) is 4.38. The highest BCUT2D eigenvalue weighted by molar-refractivity contribution is 5.87. The van der Waals surface area contributed by atoms with Crippen molar-refractivity contribution in [2.24, 2.45) is 4.99 Å². The Hall–Kier alpha value is -2.10. The van der Waals surface area contributed by atoms with Crippen LogP contribution in [0.3, 0.4) is 0 Å². The molecule has 0 saturated carbocycles. The van der Waals surface area contributed by atoms with E-state index in [0.29, 0.717) is 0 Å². The van der Waals surface area contributed by atoms with Crippen molar-refractivity contribution in [1.29, 1.82) is 0 Å². The van der Waals surface area contributed by atoms with E-state index in [1.165, 1.54) is 64.2 Å². The molecule has 4 heteroatoms. The summed E-state index contributed by atoms with van der Waals surface area (Å²) in [5.41, 5.74) is 0.723. The van der Waals surface area contributed by atoms with Crippen molar-refractivity contribution < 1.29 is 9.67 Å².